The van der Waals surface area contributed by atoms with Crippen molar-refractivity contribution in [2.75, 3.05) is 26.1 Å². The van der Waals surface area contributed by atoms with Crippen LogP contribution in [0.1, 0.15) is 15.9 Å². The Bertz CT molecular complexity index is 1090. The molecule has 3 aromatic carbocycles. The number of rotatable bonds is 9. The van der Waals surface area contributed by atoms with Gasteiger partial charge >= 0.3 is 5.97 Å². The third kappa shape index (κ3) is 6.15. The van der Waals surface area contributed by atoms with Crippen LogP contribution in [0.3, 0.4) is 0 Å². The van der Waals surface area contributed by atoms with Crippen molar-refractivity contribution in [2.24, 2.45) is 0 Å². The quantitative estimate of drug-likeness (QED) is 0.469. The summed E-state index contributed by atoms with van der Waals surface area (Å²) in [5.41, 5.74) is 1.60. The van der Waals surface area contributed by atoms with E-state index < -0.39 is 18.5 Å². The Balaban J connectivity index is 1.59. The van der Waals surface area contributed by atoms with E-state index in [1.54, 1.807) is 30.3 Å². The lowest BCUT2D eigenvalue weighted by Crippen LogP contribution is -2.21. The Labute approximate surface area is 190 Å². The maximum absolute atomic E-state index is 12.4. The van der Waals surface area contributed by atoms with E-state index in [1.807, 2.05) is 30.3 Å². The predicted octanol–water partition coefficient (Wildman–Crippen LogP) is 4.73. The van der Waals surface area contributed by atoms with Gasteiger partial charge in [0.15, 0.2) is 18.1 Å². The van der Waals surface area contributed by atoms with Gasteiger partial charge in [-0.15, -0.1) is 0 Å². The molecule has 8 heteroatoms. The Hall–Kier alpha value is -3.71. The lowest BCUT2D eigenvalue weighted by molar-refractivity contribution is -0.119. The molecular weight excluding hydrogens is 434 g/mol. The molecular formula is C24H22ClNO6. The molecule has 0 unspecified atom stereocenters. The van der Waals surface area contributed by atoms with Crippen molar-refractivity contribution >= 4 is 29.2 Å². The van der Waals surface area contributed by atoms with Crippen molar-refractivity contribution < 1.29 is 28.5 Å². The van der Waals surface area contributed by atoms with Crippen LogP contribution in [0.2, 0.25) is 5.02 Å². The summed E-state index contributed by atoms with van der Waals surface area (Å²) in [4.78, 5) is 24.6. The van der Waals surface area contributed by atoms with Gasteiger partial charge < -0.3 is 24.3 Å². The van der Waals surface area contributed by atoms with Crippen LogP contribution >= 0.6 is 11.6 Å². The second kappa shape index (κ2) is 11.1. The van der Waals surface area contributed by atoms with Crippen LogP contribution in [0.5, 0.6) is 17.2 Å². The molecule has 0 bridgehead atoms. The molecule has 3 rings (SSSR count). The molecule has 0 spiro atoms. The molecule has 1 amide bonds. The Morgan fingerprint density at radius 1 is 0.875 bits per heavy atom. The van der Waals surface area contributed by atoms with Crippen molar-refractivity contribution in [3.63, 3.8) is 0 Å². The highest BCUT2D eigenvalue weighted by Crippen LogP contribution is 2.29. The zero-order chi connectivity index (χ0) is 22.9. The van der Waals surface area contributed by atoms with Crippen LogP contribution in [-0.2, 0) is 16.1 Å². The number of hydrogen-bond acceptors (Lipinski definition) is 6. The highest BCUT2D eigenvalue weighted by molar-refractivity contribution is 6.31. The number of carbonyl (C=O) groups excluding carboxylic acids is 2. The maximum atomic E-state index is 12.4. The zero-order valence-corrected chi connectivity index (χ0v) is 18.3. The minimum absolute atomic E-state index is 0.224. The number of nitrogens with one attached hydrogen (secondary N) is 1. The van der Waals surface area contributed by atoms with Crippen LogP contribution in [0.25, 0.3) is 0 Å². The largest absolute Gasteiger partial charge is 0.495 e. The van der Waals surface area contributed by atoms with Gasteiger partial charge in [0.25, 0.3) is 5.91 Å². The molecule has 0 aliphatic carbocycles. The Morgan fingerprint density at radius 3 is 2.31 bits per heavy atom. The number of halogens is 1. The third-order valence-corrected chi connectivity index (χ3v) is 4.64. The maximum Gasteiger partial charge on any atom is 0.338 e. The Morgan fingerprint density at radius 2 is 1.59 bits per heavy atom. The van der Waals surface area contributed by atoms with Crippen molar-refractivity contribution in [3.05, 3.63) is 82.9 Å². The van der Waals surface area contributed by atoms with Crippen LogP contribution in [0.15, 0.2) is 66.7 Å². The minimum Gasteiger partial charge on any atom is -0.495 e. The average Bonchev–Trinajstić information content (AvgIpc) is 2.82. The van der Waals surface area contributed by atoms with Crippen molar-refractivity contribution in [1.82, 2.24) is 0 Å². The first-order valence-corrected chi connectivity index (χ1v) is 10.0. The molecule has 0 saturated heterocycles. The molecule has 3 aromatic rings. The second-order valence-electron chi connectivity index (χ2n) is 6.61. The number of benzene rings is 3. The fourth-order valence-electron chi connectivity index (χ4n) is 2.83. The average molecular weight is 456 g/mol. The van der Waals surface area contributed by atoms with Gasteiger partial charge in [-0.1, -0.05) is 41.9 Å². The predicted molar refractivity (Wildman–Crippen MR) is 121 cm³/mol. The van der Waals surface area contributed by atoms with E-state index in [0.717, 1.165) is 5.56 Å². The molecule has 0 aromatic heterocycles. The van der Waals surface area contributed by atoms with E-state index in [0.29, 0.717) is 34.6 Å². The number of methoxy groups -OCH3 is 2. The molecule has 0 fully saturated rings. The van der Waals surface area contributed by atoms with E-state index in [-0.39, 0.29) is 5.56 Å². The molecule has 0 saturated carbocycles. The summed E-state index contributed by atoms with van der Waals surface area (Å²) in [5, 5.41) is 3.03. The first kappa shape index (κ1) is 23.0. The molecule has 32 heavy (non-hydrogen) atoms. The van der Waals surface area contributed by atoms with Crippen LogP contribution in [-0.4, -0.2) is 32.7 Å². The van der Waals surface area contributed by atoms with Gasteiger partial charge in [0.2, 0.25) is 0 Å². The summed E-state index contributed by atoms with van der Waals surface area (Å²) < 4.78 is 21.4. The summed E-state index contributed by atoms with van der Waals surface area (Å²) >= 11 is 5.95. The van der Waals surface area contributed by atoms with Gasteiger partial charge in [-0.3, -0.25) is 4.79 Å². The summed E-state index contributed by atoms with van der Waals surface area (Å²) in [6.07, 6.45) is 0. The minimum atomic E-state index is -0.675. The number of carbonyl (C=O) groups is 2. The standard InChI is InChI=1S/C24H22ClNO6/c1-29-20-11-9-18(25)13-19(20)26-23(27)15-32-24(28)17-8-10-21(22(12-17)30-2)31-14-16-6-4-3-5-7-16/h3-13H,14-15H2,1-2H3,(H,26,27). The highest BCUT2D eigenvalue weighted by atomic mass is 35.5. The van der Waals surface area contributed by atoms with Gasteiger partial charge in [0, 0.05) is 5.02 Å². The van der Waals surface area contributed by atoms with Gasteiger partial charge in [-0.05, 0) is 42.0 Å². The van der Waals surface area contributed by atoms with E-state index in [4.69, 9.17) is 30.5 Å². The summed E-state index contributed by atoms with van der Waals surface area (Å²) in [5.74, 6) is 0.0897. The summed E-state index contributed by atoms with van der Waals surface area (Å²) in [7, 11) is 2.95. The van der Waals surface area contributed by atoms with E-state index >= 15 is 0 Å². The van der Waals surface area contributed by atoms with E-state index in [1.165, 1.54) is 20.3 Å². The molecule has 0 heterocycles. The number of ether oxygens (including phenoxy) is 4. The lowest BCUT2D eigenvalue weighted by atomic mass is 10.2. The molecule has 0 atom stereocenters. The lowest BCUT2D eigenvalue weighted by Gasteiger charge is -2.13. The van der Waals surface area contributed by atoms with Gasteiger partial charge in [0.05, 0.1) is 25.5 Å². The van der Waals surface area contributed by atoms with Gasteiger partial charge in [-0.2, -0.15) is 0 Å². The van der Waals surface area contributed by atoms with E-state index in [9.17, 15) is 9.59 Å². The van der Waals surface area contributed by atoms with Gasteiger partial charge in [-0.25, -0.2) is 4.79 Å². The van der Waals surface area contributed by atoms with Crippen LogP contribution in [0, 0.1) is 0 Å². The molecule has 0 aliphatic rings. The number of amides is 1. The molecule has 7 nitrogen and oxygen atoms in total. The van der Waals surface area contributed by atoms with Crippen molar-refractivity contribution in [2.45, 2.75) is 6.61 Å². The fourth-order valence-corrected chi connectivity index (χ4v) is 3.00. The summed E-state index contributed by atoms with van der Waals surface area (Å²) in [6, 6.07) is 19.1. The summed E-state index contributed by atoms with van der Waals surface area (Å²) in [6.45, 7) is -0.128. The zero-order valence-electron chi connectivity index (χ0n) is 17.6. The van der Waals surface area contributed by atoms with E-state index in [2.05, 4.69) is 5.32 Å². The highest BCUT2D eigenvalue weighted by Gasteiger charge is 2.15. The molecule has 166 valence electrons. The number of hydrogen-bond donors (Lipinski definition) is 1. The monoisotopic (exact) mass is 455 g/mol. The number of anilines is 1. The number of esters is 1. The topological polar surface area (TPSA) is 83.1 Å². The first-order valence-electron chi connectivity index (χ1n) is 9.65. The van der Waals surface area contributed by atoms with Gasteiger partial charge in [0.1, 0.15) is 12.4 Å². The molecule has 0 radical (unpaired) electrons. The molecule has 0 aliphatic heterocycles. The Kier molecular flexibility index (Phi) is 7.94. The normalized spacial score (nSPS) is 10.2. The molecule has 1 N–H and O–H groups in total. The smallest absolute Gasteiger partial charge is 0.338 e. The third-order valence-electron chi connectivity index (χ3n) is 4.41. The SMILES string of the molecule is COc1ccc(Cl)cc1NC(=O)COC(=O)c1ccc(OCc2ccccc2)c(OC)c1. The fraction of sp³-hybridized carbons (Fsp3) is 0.167. The van der Waals surface area contributed by atoms with Crippen molar-refractivity contribution in [1.29, 1.82) is 0 Å². The first-order chi connectivity index (χ1) is 15.5. The second-order valence-corrected chi connectivity index (χ2v) is 7.05. The van der Waals surface area contributed by atoms with Crippen LogP contribution in [0.4, 0.5) is 5.69 Å². The van der Waals surface area contributed by atoms with Crippen LogP contribution < -0.4 is 19.5 Å². The van der Waals surface area contributed by atoms with Crippen molar-refractivity contribution in [3.8, 4) is 17.2 Å².